The smallest absolute Gasteiger partial charge is 0.326 e. The largest absolute Gasteiger partial charge is 0.493 e. The minimum atomic E-state index is -0.485. The lowest BCUT2D eigenvalue weighted by Crippen LogP contribution is -2.32. The Balaban J connectivity index is 1.71. The molecule has 3 aromatic rings. The van der Waals surface area contributed by atoms with Gasteiger partial charge in [-0.2, -0.15) is 19.6 Å². The number of hydrogen-bond donors (Lipinski definition) is 4. The molecule has 11 nitrogen and oxygen atoms in total. The molecule has 0 bridgehead atoms. The number of hydrogen-bond acceptors (Lipinski definition) is 8. The second-order valence-corrected chi connectivity index (χ2v) is 7.00. The third-order valence-electron chi connectivity index (χ3n) is 4.75. The zero-order valence-corrected chi connectivity index (χ0v) is 14.5. The lowest BCUT2D eigenvalue weighted by molar-refractivity contribution is 0.454. The summed E-state index contributed by atoms with van der Waals surface area (Å²) >= 11 is 0. The van der Waals surface area contributed by atoms with E-state index in [0.717, 1.165) is 25.8 Å². The zero-order valence-electron chi connectivity index (χ0n) is 14.5. The van der Waals surface area contributed by atoms with Gasteiger partial charge < -0.3 is 20.7 Å². The summed E-state index contributed by atoms with van der Waals surface area (Å²) in [5.41, 5.74) is 6.86. The van der Waals surface area contributed by atoms with Gasteiger partial charge in [-0.1, -0.05) is 0 Å². The number of anilines is 1. The van der Waals surface area contributed by atoms with Crippen molar-refractivity contribution in [3.63, 3.8) is 0 Å². The average Bonchev–Trinajstić information content (AvgIpc) is 3.04. The number of aromatic hydroxyl groups is 1. The van der Waals surface area contributed by atoms with Crippen LogP contribution in [0.5, 0.6) is 5.88 Å². The van der Waals surface area contributed by atoms with Gasteiger partial charge in [-0.3, -0.25) is 4.98 Å². The maximum atomic E-state index is 11.4. The van der Waals surface area contributed by atoms with Crippen molar-refractivity contribution in [3.05, 3.63) is 33.2 Å². The first-order valence-electron chi connectivity index (χ1n) is 8.90. The molecule has 1 atom stereocenters. The van der Waals surface area contributed by atoms with Gasteiger partial charge in [0.25, 0.3) is 5.62 Å². The first-order chi connectivity index (χ1) is 13.1. The number of rotatable bonds is 3. The Hall–Kier alpha value is -3.21. The molecule has 140 valence electrons. The van der Waals surface area contributed by atoms with Gasteiger partial charge in [-0.15, -0.1) is 0 Å². The highest BCUT2D eigenvalue weighted by Crippen LogP contribution is 2.22. The number of nitrogens with two attached hydrogens (primary N) is 1. The van der Waals surface area contributed by atoms with Gasteiger partial charge in [0.05, 0.1) is 12.2 Å². The molecular weight excluding hydrogens is 350 g/mol. The van der Waals surface area contributed by atoms with Crippen LogP contribution in [0.4, 0.5) is 5.95 Å². The van der Waals surface area contributed by atoms with Crippen LogP contribution in [-0.2, 0) is 0 Å². The normalized spacial score (nSPS) is 21.7. The van der Waals surface area contributed by atoms with E-state index in [1.807, 2.05) is 4.90 Å². The van der Waals surface area contributed by atoms with E-state index < -0.39 is 5.69 Å². The van der Waals surface area contributed by atoms with E-state index in [9.17, 15) is 9.90 Å². The van der Waals surface area contributed by atoms with Crippen LogP contribution in [0.1, 0.15) is 25.0 Å². The maximum absolute atomic E-state index is 11.4. The fraction of sp³-hybridized carbons (Fsp3) is 0.438. The number of nitrogens with zero attached hydrogens (tertiary/aromatic N) is 6. The molecular formula is C16H19N9O2. The number of aromatic amines is 2. The molecule has 0 spiro atoms. The summed E-state index contributed by atoms with van der Waals surface area (Å²) in [6.45, 7) is 1.48. The Kier molecular flexibility index (Phi) is 3.50. The van der Waals surface area contributed by atoms with Crippen LogP contribution in [-0.4, -0.2) is 59.8 Å². The minimum Gasteiger partial charge on any atom is -0.493 e. The molecule has 27 heavy (non-hydrogen) atoms. The maximum Gasteiger partial charge on any atom is 0.326 e. The molecule has 2 aliphatic rings. The summed E-state index contributed by atoms with van der Waals surface area (Å²) in [6.07, 6.45) is 6.21. The summed E-state index contributed by atoms with van der Waals surface area (Å²) in [7, 11) is 0. The molecule has 4 heterocycles. The predicted octanol–water partition coefficient (Wildman–Crippen LogP) is -2.01. The van der Waals surface area contributed by atoms with Crippen LogP contribution in [0.15, 0.2) is 16.0 Å². The Labute approximate surface area is 152 Å². The monoisotopic (exact) mass is 369 g/mol. The van der Waals surface area contributed by atoms with E-state index in [1.165, 1.54) is 0 Å². The van der Waals surface area contributed by atoms with Crippen molar-refractivity contribution in [2.45, 2.75) is 31.3 Å². The van der Waals surface area contributed by atoms with E-state index in [0.29, 0.717) is 29.0 Å². The number of nitrogens with one attached hydrogen (secondary N) is 2. The van der Waals surface area contributed by atoms with Crippen LogP contribution in [0.2, 0.25) is 0 Å². The van der Waals surface area contributed by atoms with Crippen molar-refractivity contribution in [2.24, 2.45) is 10.7 Å². The second kappa shape index (κ2) is 5.91. The lowest BCUT2D eigenvalue weighted by Gasteiger charge is -2.15. The quantitative estimate of drug-likeness (QED) is 0.416. The van der Waals surface area contributed by atoms with Gasteiger partial charge in [-0.25, -0.2) is 9.79 Å². The third kappa shape index (κ3) is 2.95. The van der Waals surface area contributed by atoms with Gasteiger partial charge in [0.2, 0.25) is 11.8 Å². The van der Waals surface area contributed by atoms with Gasteiger partial charge in [0.15, 0.2) is 5.65 Å². The molecule has 2 fully saturated rings. The summed E-state index contributed by atoms with van der Waals surface area (Å²) in [5.74, 6) is 0.332. The van der Waals surface area contributed by atoms with E-state index in [2.05, 4.69) is 30.0 Å². The van der Waals surface area contributed by atoms with E-state index >= 15 is 0 Å². The molecule has 11 heteroatoms. The van der Waals surface area contributed by atoms with E-state index in [-0.39, 0.29) is 23.7 Å². The SMILES string of the molecule is NC1CCN(c2nc(=NC3CC3)n3ncc(=Cc4[nH]c(=O)[nH]c4O)c3n2)C1. The van der Waals surface area contributed by atoms with Crippen LogP contribution >= 0.6 is 0 Å². The molecule has 1 saturated heterocycles. The highest BCUT2D eigenvalue weighted by molar-refractivity contribution is 5.57. The van der Waals surface area contributed by atoms with Crippen LogP contribution in [0.3, 0.4) is 0 Å². The van der Waals surface area contributed by atoms with Crippen molar-refractivity contribution >= 4 is 17.7 Å². The molecule has 3 aromatic heterocycles. The predicted molar refractivity (Wildman–Crippen MR) is 96.0 cm³/mol. The highest BCUT2D eigenvalue weighted by atomic mass is 16.3. The van der Waals surface area contributed by atoms with Crippen molar-refractivity contribution in [1.29, 1.82) is 0 Å². The Bertz CT molecular complexity index is 1190. The second-order valence-electron chi connectivity index (χ2n) is 7.00. The summed E-state index contributed by atoms with van der Waals surface area (Å²) in [6, 6.07) is 0.380. The van der Waals surface area contributed by atoms with E-state index in [4.69, 9.17) is 5.73 Å². The standard InChI is InChI=1S/C16H19N9O2/c17-9-3-4-24(7-9)14-21-12-8(5-11-13(26)22-16(27)20-11)6-18-25(12)15(23-14)19-10-1-2-10/h5-6,9-10,26H,1-4,7,17H2,(H2,20,22,27). The Morgan fingerprint density at radius 3 is 2.81 bits per heavy atom. The van der Waals surface area contributed by atoms with Crippen LogP contribution in [0, 0.1) is 0 Å². The molecule has 0 aromatic carbocycles. The summed E-state index contributed by atoms with van der Waals surface area (Å²) in [4.78, 5) is 32.2. The van der Waals surface area contributed by atoms with Crippen LogP contribution < -0.4 is 27.2 Å². The van der Waals surface area contributed by atoms with Gasteiger partial charge >= 0.3 is 5.69 Å². The highest BCUT2D eigenvalue weighted by Gasteiger charge is 2.24. The zero-order chi connectivity index (χ0) is 18.5. The Morgan fingerprint density at radius 2 is 2.15 bits per heavy atom. The summed E-state index contributed by atoms with van der Waals surface area (Å²) in [5, 5.41) is 14.8. The Morgan fingerprint density at radius 1 is 1.30 bits per heavy atom. The van der Waals surface area contributed by atoms with Crippen LogP contribution in [0.25, 0.3) is 11.7 Å². The number of aromatic nitrogens is 6. The number of H-pyrrole nitrogens is 2. The van der Waals surface area contributed by atoms with Gasteiger partial charge in [-0.05, 0) is 25.3 Å². The molecule has 1 saturated carbocycles. The summed E-state index contributed by atoms with van der Waals surface area (Å²) < 4.78 is 1.59. The molecule has 1 aliphatic heterocycles. The minimum absolute atomic E-state index is 0.103. The third-order valence-corrected chi connectivity index (χ3v) is 4.75. The van der Waals surface area contributed by atoms with Crippen molar-refractivity contribution in [1.82, 2.24) is 29.5 Å². The fourth-order valence-electron chi connectivity index (χ4n) is 3.18. The number of imidazole rings is 1. The van der Waals surface area contributed by atoms with Crippen molar-refractivity contribution in [2.75, 3.05) is 18.0 Å². The first kappa shape index (κ1) is 16.0. The molecule has 5 N–H and O–H groups in total. The van der Waals surface area contributed by atoms with Crippen molar-refractivity contribution < 1.29 is 5.11 Å². The first-order valence-corrected chi connectivity index (χ1v) is 8.90. The van der Waals surface area contributed by atoms with E-state index in [1.54, 1.807) is 16.8 Å². The topological polar surface area (TPSA) is 154 Å². The molecule has 5 rings (SSSR count). The average molecular weight is 369 g/mol. The fourth-order valence-corrected chi connectivity index (χ4v) is 3.18. The lowest BCUT2D eigenvalue weighted by atomic mass is 10.3. The van der Waals surface area contributed by atoms with Gasteiger partial charge in [0, 0.05) is 24.4 Å². The molecule has 0 amide bonds. The number of fused-ring (bicyclic) bond motifs is 1. The molecule has 1 unspecified atom stereocenters. The molecule has 1 aliphatic carbocycles. The van der Waals surface area contributed by atoms with Crippen molar-refractivity contribution in [3.8, 4) is 5.88 Å². The van der Waals surface area contributed by atoms with Gasteiger partial charge in [0.1, 0.15) is 5.69 Å². The molecule has 0 radical (unpaired) electrons.